The number of hydrogen-bond donors (Lipinski definition) is 1. The second-order valence-corrected chi connectivity index (χ2v) is 2.81. The van der Waals surface area contributed by atoms with Gasteiger partial charge >= 0.3 is 0 Å². The highest BCUT2D eigenvalue weighted by molar-refractivity contribution is 6.17. The normalized spacial score (nSPS) is 10.6. The highest BCUT2D eigenvalue weighted by Crippen LogP contribution is 2.32. The third-order valence-corrected chi connectivity index (χ3v) is 2.05. The van der Waals surface area contributed by atoms with Gasteiger partial charge in [-0.05, 0) is 0 Å². The second kappa shape index (κ2) is 4.41. The zero-order valence-electron chi connectivity index (χ0n) is 7.43. The molecule has 1 rings (SSSR count). The Morgan fingerprint density at radius 2 is 2.29 bits per heavy atom. The first kappa shape index (κ1) is 11.0. The van der Waals surface area contributed by atoms with Crippen molar-refractivity contribution in [2.24, 2.45) is 0 Å². The lowest BCUT2D eigenvalue weighted by atomic mass is 10.2. The summed E-state index contributed by atoms with van der Waals surface area (Å²) < 4.78 is 29.7. The first-order chi connectivity index (χ1) is 6.61. The van der Waals surface area contributed by atoms with E-state index < -0.39 is 12.1 Å². The zero-order valence-corrected chi connectivity index (χ0v) is 8.18. The first-order valence-electron chi connectivity index (χ1n) is 3.77. The number of methoxy groups -OCH3 is 1. The molecular formula is C8H9ClF2N2O. The van der Waals surface area contributed by atoms with Crippen LogP contribution in [0.3, 0.4) is 0 Å². The van der Waals surface area contributed by atoms with E-state index in [0.717, 1.165) is 6.20 Å². The van der Waals surface area contributed by atoms with Crippen LogP contribution < -0.4 is 10.5 Å². The average molecular weight is 223 g/mol. The number of hydrogen-bond acceptors (Lipinski definition) is 3. The van der Waals surface area contributed by atoms with Gasteiger partial charge in [-0.2, -0.15) is 0 Å². The van der Waals surface area contributed by atoms with Crippen LogP contribution in [0, 0.1) is 0 Å². The van der Waals surface area contributed by atoms with Gasteiger partial charge in [-0.25, -0.2) is 8.78 Å². The molecule has 0 saturated heterocycles. The monoisotopic (exact) mass is 222 g/mol. The van der Waals surface area contributed by atoms with Crippen LogP contribution in [0.5, 0.6) is 5.75 Å². The molecule has 0 atom stereocenters. The minimum atomic E-state index is -2.68. The number of halogens is 3. The van der Waals surface area contributed by atoms with Gasteiger partial charge in [0.2, 0.25) is 0 Å². The van der Waals surface area contributed by atoms with E-state index in [4.69, 9.17) is 22.1 Å². The second-order valence-electron chi connectivity index (χ2n) is 2.54. The Morgan fingerprint density at radius 1 is 1.64 bits per heavy atom. The topological polar surface area (TPSA) is 48.1 Å². The molecule has 14 heavy (non-hydrogen) atoms. The van der Waals surface area contributed by atoms with Crippen molar-refractivity contribution in [1.29, 1.82) is 0 Å². The number of rotatable bonds is 3. The van der Waals surface area contributed by atoms with Crippen molar-refractivity contribution in [3.05, 3.63) is 17.5 Å². The van der Waals surface area contributed by atoms with Gasteiger partial charge in [-0.15, -0.1) is 11.6 Å². The van der Waals surface area contributed by atoms with Crippen LogP contribution in [0.4, 0.5) is 14.5 Å². The van der Waals surface area contributed by atoms with E-state index >= 15 is 0 Å². The van der Waals surface area contributed by atoms with Gasteiger partial charge < -0.3 is 10.5 Å². The largest absolute Gasteiger partial charge is 0.493 e. The molecule has 2 N–H and O–H groups in total. The number of nitrogen functional groups attached to an aromatic ring is 1. The van der Waals surface area contributed by atoms with Gasteiger partial charge in [-0.1, -0.05) is 0 Å². The molecule has 0 radical (unpaired) electrons. The van der Waals surface area contributed by atoms with Crippen molar-refractivity contribution in [2.75, 3.05) is 12.8 Å². The van der Waals surface area contributed by atoms with Crippen LogP contribution >= 0.6 is 11.6 Å². The predicted molar refractivity (Wildman–Crippen MR) is 49.7 cm³/mol. The lowest BCUT2D eigenvalue weighted by Crippen LogP contribution is -2.04. The molecule has 0 bridgehead atoms. The maximum atomic E-state index is 12.4. The van der Waals surface area contributed by atoms with E-state index in [2.05, 4.69) is 4.98 Å². The first-order valence-corrected chi connectivity index (χ1v) is 4.30. The summed E-state index contributed by atoms with van der Waals surface area (Å²) in [5.41, 5.74) is 5.41. The van der Waals surface area contributed by atoms with Gasteiger partial charge in [0, 0.05) is 5.56 Å². The summed E-state index contributed by atoms with van der Waals surface area (Å²) in [7, 11) is 1.38. The highest BCUT2D eigenvalue weighted by atomic mass is 35.5. The molecule has 0 fully saturated rings. The smallest absolute Gasteiger partial charge is 0.280 e. The average Bonchev–Trinajstić information content (AvgIpc) is 2.17. The van der Waals surface area contributed by atoms with Crippen molar-refractivity contribution in [1.82, 2.24) is 4.98 Å². The Kier molecular flexibility index (Phi) is 3.46. The molecule has 0 aliphatic carbocycles. The Morgan fingerprint density at radius 3 is 2.71 bits per heavy atom. The van der Waals surface area contributed by atoms with Crippen molar-refractivity contribution in [3.63, 3.8) is 0 Å². The summed E-state index contributed by atoms with van der Waals surface area (Å²) in [6.45, 7) is 0. The lowest BCUT2D eigenvalue weighted by molar-refractivity contribution is 0.145. The zero-order chi connectivity index (χ0) is 10.7. The Bertz CT molecular complexity index is 333. The third kappa shape index (κ3) is 1.87. The Hall–Kier alpha value is -1.10. The van der Waals surface area contributed by atoms with Crippen LogP contribution in [0.2, 0.25) is 0 Å². The standard InChI is InChI=1S/C8H9ClF2N2O/c1-14-5-3-13-7(8(10)11)4(2-9)6(5)12/h3,8H,2H2,1H3,(H2,12,13). The number of ether oxygens (including phenoxy) is 1. The van der Waals surface area contributed by atoms with Crippen molar-refractivity contribution in [3.8, 4) is 5.75 Å². The molecule has 0 aromatic carbocycles. The summed E-state index contributed by atoms with van der Waals surface area (Å²) >= 11 is 5.50. The van der Waals surface area contributed by atoms with Crippen molar-refractivity contribution in [2.45, 2.75) is 12.3 Å². The minimum Gasteiger partial charge on any atom is -0.493 e. The molecule has 0 amide bonds. The van der Waals surface area contributed by atoms with Gasteiger partial charge in [0.1, 0.15) is 5.69 Å². The van der Waals surface area contributed by atoms with Crippen LogP contribution in [-0.4, -0.2) is 12.1 Å². The van der Waals surface area contributed by atoms with E-state index in [1.807, 2.05) is 0 Å². The van der Waals surface area contributed by atoms with Gasteiger partial charge in [-0.3, -0.25) is 4.98 Å². The summed E-state index contributed by atoms with van der Waals surface area (Å²) in [6.07, 6.45) is -1.52. The number of alkyl halides is 3. The maximum absolute atomic E-state index is 12.4. The third-order valence-electron chi connectivity index (χ3n) is 1.78. The maximum Gasteiger partial charge on any atom is 0.280 e. The summed E-state index contributed by atoms with van der Waals surface area (Å²) in [6, 6.07) is 0. The van der Waals surface area contributed by atoms with Gasteiger partial charge in [0.15, 0.2) is 5.75 Å². The molecule has 78 valence electrons. The molecule has 6 heteroatoms. The molecule has 1 aromatic rings. The Labute approximate surface area is 84.8 Å². The molecule has 1 aromatic heterocycles. The molecule has 0 unspecified atom stereocenters. The molecule has 0 aliphatic heterocycles. The number of nitrogens with zero attached hydrogens (tertiary/aromatic N) is 1. The molecule has 0 spiro atoms. The summed E-state index contributed by atoms with van der Waals surface area (Å²) in [4.78, 5) is 3.54. The fourth-order valence-electron chi connectivity index (χ4n) is 1.05. The van der Waals surface area contributed by atoms with Crippen molar-refractivity contribution >= 4 is 17.3 Å². The molecular weight excluding hydrogens is 214 g/mol. The van der Waals surface area contributed by atoms with Crippen LogP contribution in [0.15, 0.2) is 6.20 Å². The summed E-state index contributed by atoms with van der Waals surface area (Å²) in [5.74, 6) is 0.139. The number of pyridine rings is 1. The predicted octanol–water partition coefficient (Wildman–Crippen LogP) is 2.35. The van der Waals surface area contributed by atoms with Crippen LogP contribution in [0.25, 0.3) is 0 Å². The molecule has 1 heterocycles. The quantitative estimate of drug-likeness (QED) is 0.799. The number of aromatic nitrogens is 1. The van der Waals surface area contributed by atoms with Crippen LogP contribution in [0.1, 0.15) is 17.7 Å². The van der Waals surface area contributed by atoms with Gasteiger partial charge in [0.05, 0.1) is 24.9 Å². The fraction of sp³-hybridized carbons (Fsp3) is 0.375. The van der Waals surface area contributed by atoms with E-state index in [1.54, 1.807) is 0 Å². The Balaban J connectivity index is 3.28. The van der Waals surface area contributed by atoms with E-state index in [1.165, 1.54) is 7.11 Å². The van der Waals surface area contributed by atoms with Gasteiger partial charge in [0.25, 0.3) is 6.43 Å². The van der Waals surface area contributed by atoms with E-state index in [0.29, 0.717) is 0 Å². The SMILES string of the molecule is COc1cnc(C(F)F)c(CCl)c1N. The summed E-state index contributed by atoms with van der Waals surface area (Å²) in [5, 5.41) is 0. The lowest BCUT2D eigenvalue weighted by Gasteiger charge is -2.11. The number of anilines is 1. The molecule has 0 aliphatic rings. The van der Waals surface area contributed by atoms with E-state index in [9.17, 15) is 8.78 Å². The minimum absolute atomic E-state index is 0.115. The van der Waals surface area contributed by atoms with Crippen molar-refractivity contribution < 1.29 is 13.5 Å². The number of nitrogens with two attached hydrogens (primary N) is 1. The molecule has 3 nitrogen and oxygen atoms in total. The van der Waals surface area contributed by atoms with Crippen LogP contribution in [-0.2, 0) is 5.88 Å². The van der Waals surface area contributed by atoms with E-state index in [-0.39, 0.29) is 22.9 Å². The molecule has 0 saturated carbocycles. The highest BCUT2D eigenvalue weighted by Gasteiger charge is 2.18. The fourth-order valence-corrected chi connectivity index (χ4v) is 1.33.